The van der Waals surface area contributed by atoms with E-state index in [0.29, 0.717) is 145 Å². The Labute approximate surface area is 277 Å². The van der Waals surface area contributed by atoms with E-state index in [4.69, 9.17) is 56.8 Å². The molecule has 0 N–H and O–H groups in total. The average Bonchev–Trinajstić information content (AvgIpc) is 3.06. The van der Waals surface area contributed by atoms with Gasteiger partial charge in [-0.15, -0.1) is 0 Å². The summed E-state index contributed by atoms with van der Waals surface area (Å²) in [5.74, 6) is -0.144. The van der Waals surface area contributed by atoms with E-state index in [1.54, 1.807) is 0 Å². The molecular formula is C33H64O13. The van der Waals surface area contributed by atoms with Gasteiger partial charge in [-0.2, -0.15) is 0 Å². The molecule has 0 saturated heterocycles. The summed E-state index contributed by atoms with van der Waals surface area (Å²) in [4.78, 5) is 11.7. The van der Waals surface area contributed by atoms with Crippen LogP contribution in [0, 0.1) is 0 Å². The minimum Gasteiger partial charge on any atom is -0.499 e. The first-order valence-electron chi connectivity index (χ1n) is 17.0. The van der Waals surface area contributed by atoms with Gasteiger partial charge in [-0.1, -0.05) is 45.6 Å². The molecule has 46 heavy (non-hydrogen) atoms. The van der Waals surface area contributed by atoms with Crippen LogP contribution in [0.1, 0.15) is 51.9 Å². The predicted molar refractivity (Wildman–Crippen MR) is 173 cm³/mol. The van der Waals surface area contributed by atoms with E-state index < -0.39 is 0 Å². The van der Waals surface area contributed by atoms with Crippen molar-refractivity contribution in [3.05, 3.63) is 12.8 Å². The normalized spacial score (nSPS) is 11.2. The average molecular weight is 669 g/mol. The Balaban J connectivity index is 3.09. The van der Waals surface area contributed by atoms with E-state index in [1.807, 2.05) is 0 Å². The Morgan fingerprint density at radius 1 is 0.413 bits per heavy atom. The van der Waals surface area contributed by atoms with Crippen LogP contribution >= 0.6 is 0 Å². The van der Waals surface area contributed by atoms with Crippen molar-refractivity contribution in [2.24, 2.45) is 0 Å². The minimum absolute atomic E-state index is 0.144. The Morgan fingerprint density at radius 3 is 1.02 bits per heavy atom. The molecule has 274 valence electrons. The molecular weight excluding hydrogens is 604 g/mol. The minimum atomic E-state index is -0.144. The summed E-state index contributed by atoms with van der Waals surface area (Å²) in [5.41, 5.74) is 0. The summed E-state index contributed by atoms with van der Waals surface area (Å²) < 4.78 is 64.5. The number of esters is 1. The number of unbranched alkanes of at least 4 members (excludes halogenated alkanes) is 5. The van der Waals surface area contributed by atoms with Gasteiger partial charge < -0.3 is 56.8 Å². The van der Waals surface area contributed by atoms with Crippen molar-refractivity contribution in [3.8, 4) is 0 Å². The monoisotopic (exact) mass is 668 g/mol. The van der Waals surface area contributed by atoms with Crippen molar-refractivity contribution >= 4 is 5.97 Å². The van der Waals surface area contributed by atoms with Crippen LogP contribution in [0.4, 0.5) is 0 Å². The van der Waals surface area contributed by atoms with Gasteiger partial charge in [0.05, 0.1) is 138 Å². The fourth-order valence-electron chi connectivity index (χ4n) is 3.61. The molecule has 0 aromatic rings. The Bertz CT molecular complexity index is 598. The topological polar surface area (TPSA) is 128 Å². The van der Waals surface area contributed by atoms with Gasteiger partial charge in [0, 0.05) is 6.42 Å². The lowest BCUT2D eigenvalue weighted by molar-refractivity contribution is -0.145. The maximum atomic E-state index is 11.7. The zero-order chi connectivity index (χ0) is 33.3. The van der Waals surface area contributed by atoms with Crippen LogP contribution in [-0.2, 0) is 61.6 Å². The molecule has 0 radical (unpaired) electrons. The third-order valence-electron chi connectivity index (χ3n) is 6.04. The summed E-state index contributed by atoms with van der Waals surface area (Å²) >= 11 is 0. The van der Waals surface area contributed by atoms with E-state index in [2.05, 4.69) is 13.5 Å². The third-order valence-corrected chi connectivity index (χ3v) is 6.04. The van der Waals surface area contributed by atoms with E-state index in [0.717, 1.165) is 12.8 Å². The van der Waals surface area contributed by atoms with Gasteiger partial charge in [-0.3, -0.25) is 4.79 Å². The van der Waals surface area contributed by atoms with Crippen LogP contribution in [0.5, 0.6) is 0 Å². The highest BCUT2D eigenvalue weighted by Crippen LogP contribution is 2.07. The van der Waals surface area contributed by atoms with Gasteiger partial charge in [-0.25, -0.2) is 0 Å². The van der Waals surface area contributed by atoms with Gasteiger partial charge in [0.2, 0.25) is 0 Å². The molecule has 0 aromatic carbocycles. The summed E-state index contributed by atoms with van der Waals surface area (Å²) in [5, 5.41) is 0. The van der Waals surface area contributed by atoms with Crippen molar-refractivity contribution in [1.29, 1.82) is 0 Å². The zero-order valence-electron chi connectivity index (χ0n) is 28.6. The number of hydrogen-bond acceptors (Lipinski definition) is 13. The lowest BCUT2D eigenvalue weighted by Crippen LogP contribution is -2.15. The smallest absolute Gasteiger partial charge is 0.305 e. The molecule has 0 aliphatic heterocycles. The molecule has 0 unspecified atom stereocenters. The Kier molecular flexibility index (Phi) is 40.4. The number of rotatable bonds is 41. The fourth-order valence-corrected chi connectivity index (χ4v) is 3.61. The number of hydrogen-bond donors (Lipinski definition) is 0. The first kappa shape index (κ1) is 44.6. The molecule has 0 rings (SSSR count). The zero-order valence-corrected chi connectivity index (χ0v) is 28.6. The van der Waals surface area contributed by atoms with Crippen LogP contribution in [0.2, 0.25) is 0 Å². The standard InChI is InChI=1S/C33H64O13/c1-3-5-6-7-8-9-10-33(34)46-32-31-45-30-29-44-28-27-43-26-25-42-24-23-41-22-21-40-20-19-39-18-17-38-16-15-37-14-13-36-12-11-35-4-2/h4H,2-3,5-32H2,1H3. The van der Waals surface area contributed by atoms with Crippen molar-refractivity contribution in [2.75, 3.05) is 145 Å². The maximum Gasteiger partial charge on any atom is 0.305 e. The van der Waals surface area contributed by atoms with Crippen LogP contribution in [0.15, 0.2) is 12.8 Å². The molecule has 13 heteroatoms. The molecule has 0 heterocycles. The number of carbonyl (C=O) groups is 1. The highest BCUT2D eigenvalue weighted by Gasteiger charge is 2.02. The lowest BCUT2D eigenvalue weighted by Gasteiger charge is -2.09. The first-order valence-corrected chi connectivity index (χ1v) is 17.0. The quantitative estimate of drug-likeness (QED) is 0.0535. The Morgan fingerprint density at radius 2 is 0.696 bits per heavy atom. The second kappa shape index (κ2) is 41.6. The molecule has 0 fully saturated rings. The van der Waals surface area contributed by atoms with Gasteiger partial charge in [-0.05, 0) is 6.42 Å². The van der Waals surface area contributed by atoms with Gasteiger partial charge in [0.1, 0.15) is 13.2 Å². The Hall–Kier alpha value is -1.39. The number of carbonyl (C=O) groups excluding carboxylic acids is 1. The highest BCUT2D eigenvalue weighted by molar-refractivity contribution is 5.69. The maximum absolute atomic E-state index is 11.7. The molecule has 13 nitrogen and oxygen atoms in total. The molecule has 0 bridgehead atoms. The van der Waals surface area contributed by atoms with Crippen LogP contribution in [0.3, 0.4) is 0 Å². The second-order valence-electron chi connectivity index (χ2n) is 9.90. The summed E-state index contributed by atoms with van der Waals surface area (Å²) in [7, 11) is 0. The summed E-state index contributed by atoms with van der Waals surface area (Å²) in [6.45, 7) is 16.4. The SMILES string of the molecule is C=COCCOCCOCCOCCOCCOCCOCCOCCOCCOCCOCCOC(=O)CCCCCCCC. The number of ether oxygens (including phenoxy) is 12. The van der Waals surface area contributed by atoms with Gasteiger partial charge >= 0.3 is 5.97 Å². The van der Waals surface area contributed by atoms with Crippen molar-refractivity contribution in [3.63, 3.8) is 0 Å². The lowest BCUT2D eigenvalue weighted by atomic mass is 10.1. The first-order chi connectivity index (χ1) is 22.8. The molecule has 0 spiro atoms. The second-order valence-corrected chi connectivity index (χ2v) is 9.90. The van der Waals surface area contributed by atoms with E-state index in [1.165, 1.54) is 31.9 Å². The van der Waals surface area contributed by atoms with E-state index in [-0.39, 0.29) is 12.6 Å². The van der Waals surface area contributed by atoms with Crippen molar-refractivity contribution in [1.82, 2.24) is 0 Å². The predicted octanol–water partition coefficient (Wildman–Crippen LogP) is 3.61. The molecule has 0 amide bonds. The highest BCUT2D eigenvalue weighted by atomic mass is 16.6. The van der Waals surface area contributed by atoms with Crippen LogP contribution in [0.25, 0.3) is 0 Å². The molecule has 0 aliphatic rings. The van der Waals surface area contributed by atoms with Crippen LogP contribution in [-0.4, -0.2) is 151 Å². The van der Waals surface area contributed by atoms with Gasteiger partial charge in [0.25, 0.3) is 0 Å². The van der Waals surface area contributed by atoms with Crippen molar-refractivity contribution < 1.29 is 61.6 Å². The van der Waals surface area contributed by atoms with Gasteiger partial charge in [0.15, 0.2) is 0 Å². The molecule has 0 aromatic heterocycles. The molecule has 0 aliphatic carbocycles. The molecule has 0 atom stereocenters. The molecule has 0 saturated carbocycles. The fraction of sp³-hybridized carbons (Fsp3) is 0.909. The van der Waals surface area contributed by atoms with Crippen LogP contribution < -0.4 is 0 Å². The summed E-state index contributed by atoms with van der Waals surface area (Å²) in [6.07, 6.45) is 8.82. The third kappa shape index (κ3) is 40.6. The van der Waals surface area contributed by atoms with Crippen molar-refractivity contribution in [2.45, 2.75) is 51.9 Å². The van der Waals surface area contributed by atoms with E-state index in [9.17, 15) is 4.79 Å². The largest absolute Gasteiger partial charge is 0.499 e. The van der Waals surface area contributed by atoms with E-state index >= 15 is 0 Å². The summed E-state index contributed by atoms with van der Waals surface area (Å²) in [6, 6.07) is 0.